The van der Waals surface area contributed by atoms with Crippen LogP contribution >= 0.6 is 46.4 Å². The van der Waals surface area contributed by atoms with E-state index in [-0.39, 0.29) is 38.2 Å². The summed E-state index contributed by atoms with van der Waals surface area (Å²) in [5, 5.41) is 15.4. The van der Waals surface area contributed by atoms with Gasteiger partial charge < -0.3 is 15.7 Å². The van der Waals surface area contributed by atoms with Crippen LogP contribution in [0.1, 0.15) is 30.9 Å². The van der Waals surface area contributed by atoms with E-state index in [1.54, 1.807) is 6.07 Å². The predicted molar refractivity (Wildman–Crippen MR) is 118 cm³/mol. The first kappa shape index (κ1) is 25.9. The van der Waals surface area contributed by atoms with Gasteiger partial charge in [0.05, 0.1) is 21.6 Å². The highest BCUT2D eigenvalue weighted by atomic mass is 35.5. The summed E-state index contributed by atoms with van der Waals surface area (Å²) in [5.74, 6) is -0.128. The van der Waals surface area contributed by atoms with Gasteiger partial charge >= 0.3 is 6.18 Å². The second-order valence-electron chi connectivity index (χ2n) is 6.80. The van der Waals surface area contributed by atoms with E-state index >= 15 is 0 Å². The third-order valence-electron chi connectivity index (χ3n) is 4.48. The van der Waals surface area contributed by atoms with Crippen LogP contribution in [0.25, 0.3) is 0 Å². The molecule has 0 spiro atoms. The van der Waals surface area contributed by atoms with E-state index in [9.17, 15) is 23.1 Å². The van der Waals surface area contributed by atoms with E-state index in [0.29, 0.717) is 18.4 Å². The van der Waals surface area contributed by atoms with E-state index < -0.39 is 23.9 Å². The van der Waals surface area contributed by atoms with Crippen LogP contribution in [-0.2, 0) is 16.9 Å². The van der Waals surface area contributed by atoms with Gasteiger partial charge in [-0.2, -0.15) is 13.2 Å². The molecule has 0 unspecified atom stereocenters. The van der Waals surface area contributed by atoms with Gasteiger partial charge in [0.2, 0.25) is 11.5 Å². The molecule has 1 amide bonds. The van der Waals surface area contributed by atoms with Crippen LogP contribution in [0.2, 0.25) is 20.1 Å². The first-order valence-electron chi connectivity index (χ1n) is 9.12. The van der Waals surface area contributed by atoms with Crippen molar-refractivity contribution in [1.29, 1.82) is 0 Å². The van der Waals surface area contributed by atoms with Crippen molar-refractivity contribution in [3.05, 3.63) is 61.5 Å². The molecule has 0 bridgehead atoms. The zero-order valence-corrected chi connectivity index (χ0v) is 19.2. The predicted octanol–water partition coefficient (Wildman–Crippen LogP) is 6.58. The molecule has 0 aliphatic carbocycles. The molecule has 31 heavy (non-hydrogen) atoms. The molecule has 0 heterocycles. The van der Waals surface area contributed by atoms with Crippen LogP contribution in [0.3, 0.4) is 0 Å². The molecule has 0 fully saturated rings. The second-order valence-corrected chi connectivity index (χ2v) is 8.40. The van der Waals surface area contributed by atoms with Gasteiger partial charge in [-0.3, -0.25) is 4.79 Å². The number of aliphatic hydroxyl groups is 1. The number of benzene rings is 2. The molecule has 0 aliphatic heterocycles. The fourth-order valence-corrected chi connectivity index (χ4v) is 3.54. The maximum absolute atomic E-state index is 13.8. The number of rotatable bonds is 8. The molecule has 0 radical (unpaired) electrons. The molecule has 0 saturated heterocycles. The number of hydrogen-bond donors (Lipinski definition) is 3. The van der Waals surface area contributed by atoms with Crippen molar-refractivity contribution >= 4 is 58.0 Å². The summed E-state index contributed by atoms with van der Waals surface area (Å²) in [6, 6.07) is 6.30. The lowest BCUT2D eigenvalue weighted by molar-refractivity contribution is -0.260. The number of amides is 1. The van der Waals surface area contributed by atoms with Gasteiger partial charge in [-0.25, -0.2) is 0 Å². The minimum absolute atomic E-state index is 0.113. The highest BCUT2D eigenvalue weighted by molar-refractivity contribution is 6.48. The van der Waals surface area contributed by atoms with Crippen molar-refractivity contribution in [3.8, 4) is 0 Å². The van der Waals surface area contributed by atoms with Crippen molar-refractivity contribution in [2.75, 3.05) is 11.9 Å². The van der Waals surface area contributed by atoms with Crippen molar-refractivity contribution in [2.45, 2.75) is 38.1 Å². The Morgan fingerprint density at radius 2 is 1.65 bits per heavy atom. The highest BCUT2D eigenvalue weighted by Crippen LogP contribution is 2.43. The standard InChI is InChI=1S/C20H19Cl4F3N2O2/c1-2-3-17(30)28-9-11-4-5-13(8-14(11)21)29-10-19(31,20(25,26)27)12-6-15(22)18(24)16(23)7-12/h4-8,29,31H,2-3,9-10H2,1H3,(H,28,30)/t19-/m0/s1. The van der Waals surface area contributed by atoms with E-state index in [1.807, 2.05) is 6.92 Å². The summed E-state index contributed by atoms with van der Waals surface area (Å²) < 4.78 is 41.3. The average molecular weight is 518 g/mol. The fourth-order valence-electron chi connectivity index (χ4n) is 2.70. The van der Waals surface area contributed by atoms with Crippen LogP contribution in [0.5, 0.6) is 0 Å². The van der Waals surface area contributed by atoms with Gasteiger partial charge in [-0.15, -0.1) is 0 Å². The lowest BCUT2D eigenvalue weighted by atomic mass is 9.92. The molecular weight excluding hydrogens is 499 g/mol. The van der Waals surface area contributed by atoms with Crippen LogP contribution in [0.15, 0.2) is 30.3 Å². The Morgan fingerprint density at radius 3 is 2.16 bits per heavy atom. The van der Waals surface area contributed by atoms with E-state index in [0.717, 1.165) is 12.1 Å². The molecule has 2 aromatic carbocycles. The Hall–Kier alpha value is -1.38. The van der Waals surface area contributed by atoms with Gasteiger partial charge in [0.1, 0.15) is 0 Å². The fraction of sp³-hybridized carbons (Fsp3) is 0.350. The lowest BCUT2D eigenvalue weighted by Crippen LogP contribution is -2.47. The van der Waals surface area contributed by atoms with Crippen LogP contribution in [0, 0.1) is 0 Å². The smallest absolute Gasteiger partial charge is 0.381 e. The van der Waals surface area contributed by atoms with Crippen molar-refractivity contribution in [3.63, 3.8) is 0 Å². The normalized spacial score (nSPS) is 13.6. The van der Waals surface area contributed by atoms with Gasteiger partial charge in [0.15, 0.2) is 0 Å². The third kappa shape index (κ3) is 6.33. The minimum atomic E-state index is -5.05. The quantitative estimate of drug-likeness (QED) is 0.346. The monoisotopic (exact) mass is 516 g/mol. The number of alkyl halides is 3. The maximum atomic E-state index is 13.8. The van der Waals surface area contributed by atoms with Crippen LogP contribution in [0.4, 0.5) is 18.9 Å². The molecule has 4 nitrogen and oxygen atoms in total. The van der Waals surface area contributed by atoms with Crippen molar-refractivity contribution < 1.29 is 23.1 Å². The van der Waals surface area contributed by atoms with Crippen molar-refractivity contribution in [2.24, 2.45) is 0 Å². The highest BCUT2D eigenvalue weighted by Gasteiger charge is 2.55. The SMILES string of the molecule is CCCC(=O)NCc1ccc(NC[C@](O)(c2cc(Cl)c(Cl)c(Cl)c2)C(F)(F)F)cc1Cl. The van der Waals surface area contributed by atoms with E-state index in [1.165, 1.54) is 12.1 Å². The van der Waals surface area contributed by atoms with Gasteiger partial charge in [-0.05, 0) is 41.8 Å². The molecule has 2 rings (SSSR count). The molecule has 170 valence electrons. The third-order valence-corrected chi connectivity index (χ3v) is 6.03. The first-order chi connectivity index (χ1) is 14.4. The molecule has 0 aromatic heterocycles. The maximum Gasteiger partial charge on any atom is 0.423 e. The summed E-state index contributed by atoms with van der Waals surface area (Å²) in [6.45, 7) is 1.13. The van der Waals surface area contributed by atoms with E-state index in [4.69, 9.17) is 46.4 Å². The number of carbonyl (C=O) groups excluding carboxylic acids is 1. The van der Waals surface area contributed by atoms with Crippen LogP contribution < -0.4 is 10.6 Å². The molecule has 2 aromatic rings. The number of anilines is 1. The average Bonchev–Trinajstić information content (AvgIpc) is 2.68. The summed E-state index contributed by atoms with van der Waals surface area (Å²) >= 11 is 23.7. The Bertz CT molecular complexity index is 934. The number of carbonyl (C=O) groups is 1. The zero-order chi connectivity index (χ0) is 23.4. The molecule has 0 aliphatic rings. The topological polar surface area (TPSA) is 61.4 Å². The summed E-state index contributed by atoms with van der Waals surface area (Å²) in [4.78, 5) is 11.6. The Balaban J connectivity index is 2.21. The molecule has 11 heteroatoms. The molecular formula is C20H19Cl4F3N2O2. The first-order valence-corrected chi connectivity index (χ1v) is 10.6. The Kier molecular flexibility index (Phi) is 8.76. The summed E-state index contributed by atoms with van der Waals surface area (Å²) in [6.07, 6.45) is -3.96. The summed E-state index contributed by atoms with van der Waals surface area (Å²) in [7, 11) is 0. The minimum Gasteiger partial charge on any atom is -0.381 e. The summed E-state index contributed by atoms with van der Waals surface area (Å²) in [5.41, 5.74) is -3.03. The van der Waals surface area contributed by atoms with Gasteiger partial charge in [0.25, 0.3) is 0 Å². The second kappa shape index (κ2) is 10.5. The molecule has 1 atom stereocenters. The van der Waals surface area contributed by atoms with Crippen LogP contribution in [-0.4, -0.2) is 23.7 Å². The molecule has 0 saturated carbocycles. The number of hydrogen-bond acceptors (Lipinski definition) is 3. The van der Waals surface area contributed by atoms with E-state index in [2.05, 4.69) is 10.6 Å². The van der Waals surface area contributed by atoms with Crippen molar-refractivity contribution in [1.82, 2.24) is 5.32 Å². The zero-order valence-electron chi connectivity index (χ0n) is 16.2. The molecule has 3 N–H and O–H groups in total. The Morgan fingerprint density at radius 1 is 1.03 bits per heavy atom. The number of halogens is 7. The number of nitrogens with one attached hydrogen (secondary N) is 2. The lowest BCUT2D eigenvalue weighted by Gasteiger charge is -2.32. The largest absolute Gasteiger partial charge is 0.423 e. The van der Waals surface area contributed by atoms with Gasteiger partial charge in [-0.1, -0.05) is 59.4 Å². The van der Waals surface area contributed by atoms with Gasteiger partial charge in [0, 0.05) is 23.7 Å². The Labute approximate surface area is 197 Å².